The molecule has 5 saturated carbocycles. The summed E-state index contributed by atoms with van der Waals surface area (Å²) in [6, 6.07) is 0. The van der Waals surface area contributed by atoms with Crippen molar-refractivity contribution >= 4 is 0 Å². The SMILES string of the molecule is C[C@H](C/C=C/C(C)(C)O)[C@H]1CC[C@@]2(C)C3CCC4C(C)(C)[C@@H](O)CC[C@@]45C[C@@]35CC[C@]12C. The van der Waals surface area contributed by atoms with Gasteiger partial charge in [-0.05, 0) is 129 Å². The minimum Gasteiger partial charge on any atom is -0.393 e. The normalized spacial score (nSPS) is 52.7. The molecule has 5 aliphatic carbocycles. The third-order valence-corrected chi connectivity index (χ3v) is 12.9. The highest BCUT2D eigenvalue weighted by atomic mass is 16.3. The number of fused-ring (bicyclic) bond motifs is 2. The molecular formula is C30H50O2. The molecule has 5 fully saturated rings. The van der Waals surface area contributed by atoms with Crippen LogP contribution in [0.15, 0.2) is 12.2 Å². The topological polar surface area (TPSA) is 40.5 Å². The third-order valence-electron chi connectivity index (χ3n) is 12.9. The molecule has 2 heteroatoms. The van der Waals surface area contributed by atoms with Crippen LogP contribution in [0.1, 0.15) is 113 Å². The predicted octanol–water partition coefficient (Wildman–Crippen LogP) is 7.14. The first-order valence-corrected chi connectivity index (χ1v) is 13.8. The van der Waals surface area contributed by atoms with E-state index in [-0.39, 0.29) is 11.5 Å². The molecule has 2 spiro atoms. The molecule has 0 aliphatic heterocycles. The second-order valence-electron chi connectivity index (χ2n) is 14.8. The molecule has 0 bridgehead atoms. The number of rotatable bonds is 4. The van der Waals surface area contributed by atoms with Gasteiger partial charge in [-0.15, -0.1) is 0 Å². The van der Waals surface area contributed by atoms with Gasteiger partial charge in [0.05, 0.1) is 11.7 Å². The lowest BCUT2D eigenvalue weighted by Gasteiger charge is -2.63. The first kappa shape index (κ1) is 23.4. The summed E-state index contributed by atoms with van der Waals surface area (Å²) in [7, 11) is 0. The van der Waals surface area contributed by atoms with E-state index in [1.165, 1.54) is 51.4 Å². The summed E-state index contributed by atoms with van der Waals surface area (Å²) in [5.41, 5.74) is 1.44. The number of allylic oxidation sites excluding steroid dienone is 1. The van der Waals surface area contributed by atoms with Crippen molar-refractivity contribution in [2.24, 2.45) is 50.7 Å². The Hall–Kier alpha value is -0.340. The van der Waals surface area contributed by atoms with Gasteiger partial charge in [0, 0.05) is 0 Å². The Kier molecular flexibility index (Phi) is 5.02. The standard InChI is InChI=1S/C30H50O2/c1-20(9-8-14-25(2,3)32)21-12-15-28(7)23-11-10-22-26(4,5)24(31)13-16-29(22)19-30(23,29)18-17-27(21,28)6/h8,14,20-24,31-32H,9-13,15-19H2,1-7H3/b14-8+/t20-,21-,22?,23?,24+,27-,28+,29-,30+/m1/s1. The first-order valence-electron chi connectivity index (χ1n) is 13.8. The molecule has 0 aromatic heterocycles. The lowest BCUT2D eigenvalue weighted by molar-refractivity contribution is -0.161. The third kappa shape index (κ3) is 2.84. The highest BCUT2D eigenvalue weighted by Crippen LogP contribution is 2.89. The molecule has 0 aromatic rings. The molecule has 2 nitrogen and oxygen atoms in total. The molecule has 5 aliphatic rings. The lowest BCUT2D eigenvalue weighted by atomic mass is 9.42. The van der Waals surface area contributed by atoms with E-state index in [4.69, 9.17) is 0 Å². The van der Waals surface area contributed by atoms with Crippen LogP contribution in [0, 0.1) is 50.7 Å². The number of hydrogen-bond donors (Lipinski definition) is 2. The second-order valence-corrected chi connectivity index (χ2v) is 14.8. The maximum absolute atomic E-state index is 10.8. The highest BCUT2D eigenvalue weighted by Gasteiger charge is 2.82. The van der Waals surface area contributed by atoms with Gasteiger partial charge >= 0.3 is 0 Å². The smallest absolute Gasteiger partial charge is 0.0771 e. The fourth-order valence-electron chi connectivity index (χ4n) is 11.0. The molecule has 5 rings (SSSR count). The van der Waals surface area contributed by atoms with Crippen LogP contribution in [0.25, 0.3) is 0 Å². The minimum atomic E-state index is -0.703. The summed E-state index contributed by atoms with van der Waals surface area (Å²) in [6.07, 6.45) is 17.4. The van der Waals surface area contributed by atoms with Crippen LogP contribution >= 0.6 is 0 Å². The van der Waals surface area contributed by atoms with Crippen molar-refractivity contribution in [3.63, 3.8) is 0 Å². The van der Waals surface area contributed by atoms with Crippen LogP contribution in [0.4, 0.5) is 0 Å². The van der Waals surface area contributed by atoms with Gasteiger partial charge in [0.15, 0.2) is 0 Å². The lowest BCUT2D eigenvalue weighted by Crippen LogP contribution is -2.57. The van der Waals surface area contributed by atoms with Crippen molar-refractivity contribution in [2.75, 3.05) is 0 Å². The van der Waals surface area contributed by atoms with Crippen LogP contribution in [0.3, 0.4) is 0 Å². The van der Waals surface area contributed by atoms with Crippen molar-refractivity contribution in [1.29, 1.82) is 0 Å². The Morgan fingerprint density at radius 1 is 0.875 bits per heavy atom. The fourth-order valence-corrected chi connectivity index (χ4v) is 11.0. The van der Waals surface area contributed by atoms with Gasteiger partial charge in [-0.25, -0.2) is 0 Å². The summed E-state index contributed by atoms with van der Waals surface area (Å²) in [5.74, 6) is 3.10. The Bertz CT molecular complexity index is 791. The van der Waals surface area contributed by atoms with E-state index in [2.05, 4.69) is 40.7 Å². The summed E-state index contributed by atoms with van der Waals surface area (Å²) < 4.78 is 0. The van der Waals surface area contributed by atoms with E-state index < -0.39 is 5.60 Å². The average Bonchev–Trinajstić information content (AvgIpc) is 3.27. The van der Waals surface area contributed by atoms with Gasteiger partial charge in [-0.1, -0.05) is 46.8 Å². The van der Waals surface area contributed by atoms with E-state index in [0.717, 1.165) is 30.6 Å². The molecule has 0 heterocycles. The first-order chi connectivity index (χ1) is 14.7. The van der Waals surface area contributed by atoms with Gasteiger partial charge in [-0.3, -0.25) is 0 Å². The molecule has 32 heavy (non-hydrogen) atoms. The quantitative estimate of drug-likeness (QED) is 0.454. The monoisotopic (exact) mass is 442 g/mol. The van der Waals surface area contributed by atoms with Crippen LogP contribution in [0.2, 0.25) is 0 Å². The van der Waals surface area contributed by atoms with Crippen molar-refractivity contribution < 1.29 is 10.2 Å². The Balaban J connectivity index is 1.40. The number of aliphatic hydroxyl groups excluding tert-OH is 1. The van der Waals surface area contributed by atoms with E-state index in [0.29, 0.717) is 27.6 Å². The van der Waals surface area contributed by atoms with Crippen LogP contribution in [-0.4, -0.2) is 21.9 Å². The van der Waals surface area contributed by atoms with E-state index >= 15 is 0 Å². The van der Waals surface area contributed by atoms with Crippen molar-refractivity contribution in [1.82, 2.24) is 0 Å². The summed E-state index contributed by atoms with van der Waals surface area (Å²) >= 11 is 0. The van der Waals surface area contributed by atoms with Crippen LogP contribution < -0.4 is 0 Å². The average molecular weight is 443 g/mol. The predicted molar refractivity (Wildman–Crippen MR) is 132 cm³/mol. The maximum atomic E-state index is 10.8. The van der Waals surface area contributed by atoms with Gasteiger partial charge in [0.2, 0.25) is 0 Å². The van der Waals surface area contributed by atoms with E-state index in [1.54, 1.807) is 0 Å². The van der Waals surface area contributed by atoms with Gasteiger partial charge in [0.25, 0.3) is 0 Å². The van der Waals surface area contributed by atoms with E-state index in [9.17, 15) is 10.2 Å². The maximum Gasteiger partial charge on any atom is 0.0771 e. The van der Waals surface area contributed by atoms with Gasteiger partial charge in [0.1, 0.15) is 0 Å². The van der Waals surface area contributed by atoms with Crippen molar-refractivity contribution in [3.8, 4) is 0 Å². The fraction of sp³-hybridized carbons (Fsp3) is 0.933. The van der Waals surface area contributed by atoms with Gasteiger partial charge in [-0.2, -0.15) is 0 Å². The molecule has 2 N–H and O–H groups in total. The van der Waals surface area contributed by atoms with Crippen LogP contribution in [0.5, 0.6) is 0 Å². The molecule has 0 aromatic carbocycles. The molecular weight excluding hydrogens is 392 g/mol. The largest absolute Gasteiger partial charge is 0.393 e. The summed E-state index contributed by atoms with van der Waals surface area (Å²) in [5, 5.41) is 20.9. The number of hydrogen-bond acceptors (Lipinski definition) is 2. The zero-order chi connectivity index (χ0) is 23.4. The molecule has 0 amide bonds. The highest BCUT2D eigenvalue weighted by molar-refractivity contribution is 5.30. The van der Waals surface area contributed by atoms with Gasteiger partial charge < -0.3 is 10.2 Å². The summed E-state index contributed by atoms with van der Waals surface area (Å²) in [6.45, 7) is 16.3. The zero-order valence-electron chi connectivity index (χ0n) is 22.0. The second kappa shape index (κ2) is 6.87. The van der Waals surface area contributed by atoms with Crippen molar-refractivity contribution in [2.45, 2.75) is 124 Å². The Morgan fingerprint density at radius 3 is 2.22 bits per heavy atom. The molecule has 0 radical (unpaired) electrons. The summed E-state index contributed by atoms with van der Waals surface area (Å²) in [4.78, 5) is 0. The number of aliphatic hydroxyl groups is 2. The Morgan fingerprint density at radius 2 is 1.53 bits per heavy atom. The molecule has 0 saturated heterocycles. The minimum absolute atomic E-state index is 0.0912. The molecule has 2 unspecified atom stereocenters. The van der Waals surface area contributed by atoms with E-state index in [1.807, 2.05) is 19.9 Å². The Labute approximate surface area is 197 Å². The van der Waals surface area contributed by atoms with Crippen LogP contribution in [-0.2, 0) is 0 Å². The molecule has 9 atom stereocenters. The molecule has 182 valence electrons. The van der Waals surface area contributed by atoms with Crippen molar-refractivity contribution in [3.05, 3.63) is 12.2 Å². The zero-order valence-corrected chi connectivity index (χ0v) is 22.0.